The van der Waals surface area contributed by atoms with Crippen molar-refractivity contribution in [2.24, 2.45) is 0 Å². The van der Waals surface area contributed by atoms with Crippen molar-refractivity contribution >= 4 is 10.9 Å². The lowest BCUT2D eigenvalue weighted by Crippen LogP contribution is -2.31. The lowest BCUT2D eigenvalue weighted by molar-refractivity contribution is 0.118. The van der Waals surface area contributed by atoms with Gasteiger partial charge < -0.3 is 14.8 Å². The summed E-state index contributed by atoms with van der Waals surface area (Å²) in [7, 11) is 1.49. The van der Waals surface area contributed by atoms with Gasteiger partial charge in [0.15, 0.2) is 5.60 Å². The highest BCUT2D eigenvalue weighted by Gasteiger charge is 2.40. The quantitative estimate of drug-likeness (QED) is 0.350. The molecule has 1 unspecified atom stereocenters. The van der Waals surface area contributed by atoms with Crippen molar-refractivity contribution in [3.63, 3.8) is 0 Å². The first-order valence-corrected chi connectivity index (χ1v) is 10.4. The smallest absolute Gasteiger partial charge is 0.158 e. The molecule has 1 heterocycles. The van der Waals surface area contributed by atoms with Crippen molar-refractivity contribution in [2.45, 2.75) is 5.60 Å². The molecule has 0 radical (unpaired) electrons. The highest BCUT2D eigenvalue weighted by Crippen LogP contribution is 2.45. The Morgan fingerprint density at radius 1 is 0.812 bits per heavy atom. The molecule has 5 aromatic rings. The third kappa shape index (κ3) is 3.17. The summed E-state index contributed by atoms with van der Waals surface area (Å²) >= 11 is 0. The van der Waals surface area contributed by atoms with Crippen LogP contribution in [0.1, 0.15) is 16.8 Å². The van der Waals surface area contributed by atoms with Crippen molar-refractivity contribution in [1.29, 1.82) is 0 Å². The minimum atomic E-state index is -1.76. The third-order valence-corrected chi connectivity index (χ3v) is 5.89. The fourth-order valence-corrected chi connectivity index (χ4v) is 4.35. The lowest BCUT2D eigenvalue weighted by atomic mass is 9.80. The van der Waals surface area contributed by atoms with Crippen molar-refractivity contribution in [3.05, 3.63) is 126 Å². The van der Waals surface area contributed by atoms with E-state index < -0.39 is 11.4 Å². The number of methoxy groups -OCH3 is 1. The number of aromatic nitrogens is 1. The molecule has 0 aliphatic heterocycles. The Labute approximate surface area is 185 Å². The maximum Gasteiger partial charge on any atom is 0.158 e. The second-order valence-corrected chi connectivity index (χ2v) is 7.71. The summed E-state index contributed by atoms with van der Waals surface area (Å²) in [5.41, 5.74) is 2.10. The zero-order valence-electron chi connectivity index (χ0n) is 17.5. The molecule has 1 atom stereocenters. The van der Waals surface area contributed by atoms with Crippen LogP contribution in [0.2, 0.25) is 0 Å². The fourth-order valence-electron chi connectivity index (χ4n) is 4.35. The largest absolute Gasteiger partial charge is 0.497 e. The molecule has 5 rings (SSSR count). The number of hydrogen-bond acceptors (Lipinski definition) is 2. The topological polar surface area (TPSA) is 45.2 Å². The van der Waals surface area contributed by atoms with Crippen LogP contribution in [0.15, 0.2) is 103 Å². The highest BCUT2D eigenvalue weighted by molar-refractivity contribution is 5.98. The van der Waals surface area contributed by atoms with Gasteiger partial charge in [0.1, 0.15) is 11.6 Å². The molecule has 0 saturated heterocycles. The van der Waals surface area contributed by atoms with Gasteiger partial charge in [-0.3, -0.25) is 0 Å². The number of nitrogens with one attached hydrogen (secondary N) is 1. The number of benzene rings is 4. The summed E-state index contributed by atoms with van der Waals surface area (Å²) in [6.07, 6.45) is 0. The number of para-hydroxylation sites is 1. The fraction of sp³-hybridized carbons (Fsp3) is 0.0714. The van der Waals surface area contributed by atoms with Gasteiger partial charge in [0.2, 0.25) is 0 Å². The molecule has 4 aromatic carbocycles. The Bertz CT molecular complexity index is 1380. The second-order valence-electron chi connectivity index (χ2n) is 7.71. The summed E-state index contributed by atoms with van der Waals surface area (Å²) in [6, 6.07) is 31.4. The second kappa shape index (κ2) is 7.98. The predicted octanol–water partition coefficient (Wildman–Crippen LogP) is 6.27. The Hall–Kier alpha value is -3.89. The minimum Gasteiger partial charge on any atom is -0.497 e. The Balaban J connectivity index is 1.89. The average molecular weight is 423 g/mol. The van der Waals surface area contributed by atoms with E-state index in [1.54, 1.807) is 12.1 Å². The van der Waals surface area contributed by atoms with Gasteiger partial charge in [-0.2, -0.15) is 0 Å². The molecule has 0 aliphatic rings. The lowest BCUT2D eigenvalue weighted by Gasteiger charge is -2.30. The molecule has 158 valence electrons. The van der Waals surface area contributed by atoms with E-state index in [1.807, 2.05) is 84.9 Å². The molecule has 32 heavy (non-hydrogen) atoms. The Morgan fingerprint density at radius 3 is 2.16 bits per heavy atom. The highest BCUT2D eigenvalue weighted by atomic mass is 19.1. The molecule has 0 spiro atoms. The van der Waals surface area contributed by atoms with E-state index in [9.17, 15) is 5.11 Å². The van der Waals surface area contributed by atoms with Gasteiger partial charge in [-0.25, -0.2) is 4.39 Å². The van der Waals surface area contributed by atoms with Crippen molar-refractivity contribution in [2.75, 3.05) is 7.11 Å². The summed E-state index contributed by atoms with van der Waals surface area (Å²) < 4.78 is 20.6. The van der Waals surface area contributed by atoms with Crippen molar-refractivity contribution < 1.29 is 14.2 Å². The van der Waals surface area contributed by atoms with Crippen LogP contribution in [0.4, 0.5) is 4.39 Å². The van der Waals surface area contributed by atoms with E-state index in [0.717, 1.165) is 22.0 Å². The standard InChI is InChI=1S/C28H22FNO2/c1-32-21-16-17-23(24(29)18-21)28(31,20-12-6-3-7-13-20)27-26(19-10-4-2-5-11-19)22-14-8-9-15-25(22)30-27/h2-18,30-31H,1H3. The normalized spacial score (nSPS) is 13.1. The van der Waals surface area contributed by atoms with E-state index in [0.29, 0.717) is 17.0 Å². The monoisotopic (exact) mass is 423 g/mol. The van der Waals surface area contributed by atoms with E-state index >= 15 is 4.39 Å². The van der Waals surface area contributed by atoms with E-state index in [4.69, 9.17) is 4.74 Å². The maximum absolute atomic E-state index is 15.4. The Morgan fingerprint density at radius 2 is 1.47 bits per heavy atom. The van der Waals surface area contributed by atoms with Crippen LogP contribution in [-0.4, -0.2) is 17.2 Å². The summed E-state index contributed by atoms with van der Waals surface area (Å²) in [5, 5.41) is 13.4. The number of rotatable bonds is 5. The summed E-state index contributed by atoms with van der Waals surface area (Å²) in [5.74, 6) is -0.157. The molecular formula is C28H22FNO2. The van der Waals surface area contributed by atoms with Crippen LogP contribution in [0.25, 0.3) is 22.0 Å². The van der Waals surface area contributed by atoms with Gasteiger partial charge in [0.05, 0.1) is 12.8 Å². The predicted molar refractivity (Wildman–Crippen MR) is 125 cm³/mol. The van der Waals surface area contributed by atoms with Gasteiger partial charge in [-0.15, -0.1) is 0 Å². The molecule has 4 heteroatoms. The summed E-state index contributed by atoms with van der Waals surface area (Å²) in [6.45, 7) is 0. The number of hydrogen-bond donors (Lipinski definition) is 2. The zero-order chi connectivity index (χ0) is 22.1. The van der Waals surface area contributed by atoms with Gasteiger partial charge in [-0.05, 0) is 29.3 Å². The molecule has 0 bridgehead atoms. The van der Waals surface area contributed by atoms with E-state index in [1.165, 1.54) is 13.2 Å². The van der Waals surface area contributed by atoms with Gasteiger partial charge in [0.25, 0.3) is 0 Å². The van der Waals surface area contributed by atoms with Crippen LogP contribution >= 0.6 is 0 Å². The maximum atomic E-state index is 15.4. The molecule has 0 aliphatic carbocycles. The molecule has 1 aromatic heterocycles. The number of ether oxygens (including phenoxy) is 1. The summed E-state index contributed by atoms with van der Waals surface area (Å²) in [4.78, 5) is 3.41. The van der Waals surface area contributed by atoms with Crippen LogP contribution < -0.4 is 4.74 Å². The molecule has 0 saturated carbocycles. The SMILES string of the molecule is COc1ccc(C(O)(c2ccccc2)c2[nH]c3ccccc3c2-c2ccccc2)c(F)c1. The van der Waals surface area contributed by atoms with Crippen LogP contribution in [0.5, 0.6) is 5.75 Å². The van der Waals surface area contributed by atoms with E-state index in [-0.39, 0.29) is 5.56 Å². The molecule has 0 fully saturated rings. The molecule has 3 nitrogen and oxygen atoms in total. The number of halogens is 1. The van der Waals surface area contributed by atoms with Gasteiger partial charge >= 0.3 is 0 Å². The third-order valence-electron chi connectivity index (χ3n) is 5.89. The van der Waals surface area contributed by atoms with Gasteiger partial charge in [0, 0.05) is 28.1 Å². The molecule has 2 N–H and O–H groups in total. The zero-order valence-corrected chi connectivity index (χ0v) is 17.5. The first-order valence-electron chi connectivity index (χ1n) is 10.4. The van der Waals surface area contributed by atoms with E-state index in [2.05, 4.69) is 4.98 Å². The minimum absolute atomic E-state index is 0.147. The van der Waals surface area contributed by atoms with Crippen LogP contribution in [0, 0.1) is 5.82 Å². The molecular weight excluding hydrogens is 401 g/mol. The van der Waals surface area contributed by atoms with Crippen LogP contribution in [0.3, 0.4) is 0 Å². The van der Waals surface area contributed by atoms with Crippen LogP contribution in [-0.2, 0) is 5.60 Å². The Kier molecular flexibility index (Phi) is 5.00. The first kappa shape index (κ1) is 20.0. The number of H-pyrrole nitrogens is 1. The number of aromatic amines is 1. The average Bonchev–Trinajstić information content (AvgIpc) is 3.25. The molecule has 0 amide bonds. The van der Waals surface area contributed by atoms with Crippen molar-refractivity contribution in [3.8, 4) is 16.9 Å². The number of fused-ring (bicyclic) bond motifs is 1. The van der Waals surface area contributed by atoms with Gasteiger partial charge in [-0.1, -0.05) is 78.9 Å². The van der Waals surface area contributed by atoms with Crippen molar-refractivity contribution in [1.82, 2.24) is 4.98 Å². The number of aliphatic hydroxyl groups is 1. The first-order chi connectivity index (χ1) is 15.6.